The number of piperidine rings is 1. The van der Waals surface area contributed by atoms with Gasteiger partial charge in [-0.3, -0.25) is 0 Å². The summed E-state index contributed by atoms with van der Waals surface area (Å²) in [6, 6.07) is 0. The highest BCUT2D eigenvalue weighted by atomic mass is 16.6. The Bertz CT molecular complexity index is 448. The molecule has 0 bridgehead atoms. The first kappa shape index (κ1) is 18.0. The molecule has 2 aliphatic heterocycles. The number of hydrogen-bond donors (Lipinski definition) is 1. The molecule has 1 aliphatic carbocycles. The summed E-state index contributed by atoms with van der Waals surface area (Å²) in [5.74, 6) is 0.578. The Morgan fingerprint density at radius 1 is 1.17 bits per heavy atom. The van der Waals surface area contributed by atoms with E-state index in [0.29, 0.717) is 23.5 Å². The maximum absolute atomic E-state index is 12.1. The van der Waals surface area contributed by atoms with E-state index in [1.165, 1.54) is 12.8 Å². The Kier molecular flexibility index (Phi) is 5.12. The van der Waals surface area contributed by atoms with E-state index in [1.54, 1.807) is 0 Å². The predicted molar refractivity (Wildman–Crippen MR) is 94.0 cm³/mol. The van der Waals surface area contributed by atoms with Gasteiger partial charge in [0.1, 0.15) is 5.60 Å². The molecule has 24 heavy (non-hydrogen) atoms. The minimum atomic E-state index is -0.409. The van der Waals surface area contributed by atoms with Gasteiger partial charge < -0.3 is 19.7 Å². The van der Waals surface area contributed by atoms with Gasteiger partial charge in [-0.05, 0) is 71.9 Å². The van der Waals surface area contributed by atoms with Gasteiger partial charge in [0.15, 0.2) is 0 Å². The van der Waals surface area contributed by atoms with Gasteiger partial charge in [0.25, 0.3) is 0 Å². The van der Waals surface area contributed by atoms with Crippen molar-refractivity contribution in [2.75, 3.05) is 26.2 Å². The van der Waals surface area contributed by atoms with Crippen molar-refractivity contribution in [1.82, 2.24) is 10.2 Å². The van der Waals surface area contributed by atoms with Gasteiger partial charge in [-0.2, -0.15) is 0 Å². The Morgan fingerprint density at radius 3 is 2.42 bits per heavy atom. The summed E-state index contributed by atoms with van der Waals surface area (Å²) in [7, 11) is 0. The van der Waals surface area contributed by atoms with E-state index >= 15 is 0 Å². The smallest absolute Gasteiger partial charge is 0.410 e. The van der Waals surface area contributed by atoms with Crippen LogP contribution in [0, 0.1) is 11.3 Å². The molecular weight excluding hydrogens is 304 g/mol. The second-order valence-corrected chi connectivity index (χ2v) is 9.18. The fourth-order valence-electron chi connectivity index (χ4n) is 4.54. The highest BCUT2D eigenvalue weighted by Crippen LogP contribution is 2.47. The molecule has 0 aromatic heterocycles. The van der Waals surface area contributed by atoms with Crippen molar-refractivity contribution in [3.8, 4) is 0 Å². The molecule has 3 fully saturated rings. The second kappa shape index (κ2) is 6.83. The van der Waals surface area contributed by atoms with Gasteiger partial charge in [-0.25, -0.2) is 4.79 Å². The summed E-state index contributed by atoms with van der Waals surface area (Å²) in [6.45, 7) is 12.0. The molecule has 1 saturated carbocycles. The van der Waals surface area contributed by atoms with Crippen LogP contribution in [0.25, 0.3) is 0 Å². The van der Waals surface area contributed by atoms with Crippen molar-refractivity contribution in [2.45, 2.75) is 77.6 Å². The fraction of sp³-hybridized carbons (Fsp3) is 0.947. The molecule has 5 nitrogen and oxygen atoms in total. The average Bonchev–Trinajstić information content (AvgIpc) is 2.46. The van der Waals surface area contributed by atoms with E-state index in [1.807, 2.05) is 25.7 Å². The van der Waals surface area contributed by atoms with Crippen LogP contribution >= 0.6 is 0 Å². The van der Waals surface area contributed by atoms with Gasteiger partial charge in [-0.1, -0.05) is 6.92 Å². The number of hydrogen-bond acceptors (Lipinski definition) is 4. The number of carbonyl (C=O) groups excluding carboxylic acids is 1. The molecule has 1 spiro atoms. The zero-order valence-electron chi connectivity index (χ0n) is 15.8. The van der Waals surface area contributed by atoms with Gasteiger partial charge in [0.05, 0.1) is 12.2 Å². The standard InChI is InChI=1S/C19H34N2O3/c1-14-11-19(12-21(13-19)17(22)24-18(2,3)4)8-5-16(14)23-15-6-9-20-10-7-15/h14-16,20H,5-13H2,1-4H3/t14-,16-/m1/s1. The van der Waals surface area contributed by atoms with Crippen molar-refractivity contribution < 1.29 is 14.3 Å². The maximum Gasteiger partial charge on any atom is 0.410 e. The summed E-state index contributed by atoms with van der Waals surface area (Å²) in [6.07, 6.45) is 6.43. The van der Waals surface area contributed by atoms with Crippen molar-refractivity contribution >= 4 is 6.09 Å². The molecule has 3 rings (SSSR count). The molecule has 0 radical (unpaired) electrons. The Hall–Kier alpha value is -0.810. The van der Waals surface area contributed by atoms with Crippen LogP contribution in [0.4, 0.5) is 4.79 Å². The van der Waals surface area contributed by atoms with E-state index < -0.39 is 5.60 Å². The molecule has 1 N–H and O–H groups in total. The predicted octanol–water partition coefficient (Wildman–Crippen LogP) is 3.18. The average molecular weight is 338 g/mol. The number of likely N-dealkylation sites (tertiary alicyclic amines) is 1. The zero-order valence-corrected chi connectivity index (χ0v) is 15.8. The number of rotatable bonds is 2. The molecule has 0 aromatic rings. The summed E-state index contributed by atoms with van der Waals surface area (Å²) >= 11 is 0. The lowest BCUT2D eigenvalue weighted by atomic mass is 9.64. The lowest BCUT2D eigenvalue weighted by Gasteiger charge is -2.55. The first-order chi connectivity index (χ1) is 11.3. The molecule has 2 atom stereocenters. The maximum atomic E-state index is 12.1. The first-order valence-electron chi connectivity index (χ1n) is 9.60. The topological polar surface area (TPSA) is 50.8 Å². The fourth-order valence-corrected chi connectivity index (χ4v) is 4.54. The number of nitrogens with one attached hydrogen (secondary N) is 1. The second-order valence-electron chi connectivity index (χ2n) is 9.18. The van der Waals surface area contributed by atoms with E-state index in [2.05, 4.69) is 12.2 Å². The summed E-state index contributed by atoms with van der Waals surface area (Å²) in [4.78, 5) is 14.0. The largest absolute Gasteiger partial charge is 0.444 e. The minimum absolute atomic E-state index is 0.158. The van der Waals surface area contributed by atoms with Gasteiger partial charge in [0, 0.05) is 18.5 Å². The van der Waals surface area contributed by atoms with Gasteiger partial charge in [0.2, 0.25) is 0 Å². The SMILES string of the molecule is C[C@@H]1CC2(CC[C@H]1OC1CCNCC1)CN(C(=O)OC(C)(C)C)C2. The van der Waals surface area contributed by atoms with E-state index in [9.17, 15) is 4.79 Å². The summed E-state index contributed by atoms with van der Waals surface area (Å²) < 4.78 is 11.9. The zero-order chi connectivity index (χ0) is 17.4. The summed E-state index contributed by atoms with van der Waals surface area (Å²) in [5.41, 5.74) is -0.0994. The minimum Gasteiger partial charge on any atom is -0.444 e. The van der Waals surface area contributed by atoms with Crippen molar-refractivity contribution in [3.05, 3.63) is 0 Å². The van der Waals surface area contributed by atoms with Crippen molar-refractivity contribution in [1.29, 1.82) is 0 Å². The first-order valence-corrected chi connectivity index (χ1v) is 9.60. The third-order valence-electron chi connectivity index (χ3n) is 5.71. The highest BCUT2D eigenvalue weighted by molar-refractivity contribution is 5.69. The molecular formula is C19H34N2O3. The third-order valence-corrected chi connectivity index (χ3v) is 5.71. The van der Waals surface area contributed by atoms with E-state index in [0.717, 1.165) is 45.4 Å². The van der Waals surface area contributed by atoms with Crippen LogP contribution in [-0.4, -0.2) is 55.0 Å². The molecule has 3 aliphatic rings. The summed E-state index contributed by atoms with van der Waals surface area (Å²) in [5, 5.41) is 3.40. The van der Waals surface area contributed by atoms with Crippen LogP contribution in [0.1, 0.15) is 59.8 Å². The van der Waals surface area contributed by atoms with E-state index in [-0.39, 0.29) is 6.09 Å². The lowest BCUT2D eigenvalue weighted by Crippen LogP contribution is -2.61. The molecule has 5 heteroatoms. The Morgan fingerprint density at radius 2 is 1.83 bits per heavy atom. The van der Waals surface area contributed by atoms with Crippen LogP contribution < -0.4 is 5.32 Å². The quantitative estimate of drug-likeness (QED) is 0.840. The number of carbonyl (C=O) groups is 1. The molecule has 2 saturated heterocycles. The van der Waals surface area contributed by atoms with Crippen LogP contribution in [0.5, 0.6) is 0 Å². The third kappa shape index (κ3) is 4.23. The van der Waals surface area contributed by atoms with Gasteiger partial charge in [-0.15, -0.1) is 0 Å². The highest BCUT2D eigenvalue weighted by Gasteiger charge is 2.50. The Labute approximate surface area is 146 Å². The van der Waals surface area contributed by atoms with E-state index in [4.69, 9.17) is 9.47 Å². The van der Waals surface area contributed by atoms with Crippen LogP contribution in [-0.2, 0) is 9.47 Å². The lowest BCUT2D eigenvalue weighted by molar-refractivity contribution is -0.118. The molecule has 138 valence electrons. The monoisotopic (exact) mass is 338 g/mol. The van der Waals surface area contributed by atoms with Gasteiger partial charge >= 0.3 is 6.09 Å². The number of ether oxygens (including phenoxy) is 2. The molecule has 1 amide bonds. The Balaban J connectivity index is 1.45. The van der Waals surface area contributed by atoms with Crippen LogP contribution in [0.2, 0.25) is 0 Å². The van der Waals surface area contributed by atoms with Crippen LogP contribution in [0.15, 0.2) is 0 Å². The number of amides is 1. The molecule has 0 unspecified atom stereocenters. The van der Waals surface area contributed by atoms with Crippen molar-refractivity contribution in [2.24, 2.45) is 11.3 Å². The molecule has 2 heterocycles. The van der Waals surface area contributed by atoms with Crippen molar-refractivity contribution in [3.63, 3.8) is 0 Å². The number of nitrogens with zero attached hydrogens (tertiary/aromatic N) is 1. The van der Waals surface area contributed by atoms with Crippen LogP contribution in [0.3, 0.4) is 0 Å². The molecule has 0 aromatic carbocycles. The normalized spacial score (nSPS) is 30.9.